The molecule has 0 saturated heterocycles. The number of methoxy groups -OCH3 is 1. The van der Waals surface area contributed by atoms with Gasteiger partial charge in [-0.2, -0.15) is 0 Å². The summed E-state index contributed by atoms with van der Waals surface area (Å²) in [4.78, 5) is 24.0. The van der Waals surface area contributed by atoms with E-state index in [2.05, 4.69) is 5.32 Å². The summed E-state index contributed by atoms with van der Waals surface area (Å²) in [5.41, 5.74) is 1.17. The van der Waals surface area contributed by atoms with Gasteiger partial charge in [0.05, 0.1) is 12.0 Å². The van der Waals surface area contributed by atoms with Gasteiger partial charge >= 0.3 is 5.97 Å². The number of amides is 1. The minimum absolute atomic E-state index is 0.116. The largest absolute Gasteiger partial charge is 0.497 e. The molecular formula is C19H22N2O6S. The lowest BCUT2D eigenvalue weighted by Gasteiger charge is -2.14. The predicted molar refractivity (Wildman–Crippen MR) is 103 cm³/mol. The van der Waals surface area contributed by atoms with Crippen molar-refractivity contribution in [3.63, 3.8) is 0 Å². The Balaban J connectivity index is 1.86. The molecule has 2 aromatic carbocycles. The molecule has 0 spiro atoms. The molecular weight excluding hydrogens is 384 g/mol. The van der Waals surface area contributed by atoms with Gasteiger partial charge in [0.15, 0.2) is 6.10 Å². The quantitative estimate of drug-likeness (QED) is 0.645. The standard InChI is InChI=1S/C19H22N2O6S/c1-13(19(23)21-15-4-3-5-17(12-15)28(20,24)25)27-18(22)11-8-14-6-9-16(26-2)10-7-14/h3-7,9-10,12-13H,8,11H2,1-2H3,(H,21,23)(H2,20,24,25)/t13-/m1/s1. The highest BCUT2D eigenvalue weighted by Crippen LogP contribution is 2.15. The van der Waals surface area contributed by atoms with Crippen LogP contribution in [0.25, 0.3) is 0 Å². The van der Waals surface area contributed by atoms with Crippen LogP contribution >= 0.6 is 0 Å². The van der Waals surface area contributed by atoms with E-state index in [4.69, 9.17) is 14.6 Å². The van der Waals surface area contributed by atoms with Crippen LogP contribution in [0.2, 0.25) is 0 Å². The zero-order chi connectivity index (χ0) is 20.7. The number of sulfonamides is 1. The maximum absolute atomic E-state index is 12.2. The summed E-state index contributed by atoms with van der Waals surface area (Å²) >= 11 is 0. The zero-order valence-electron chi connectivity index (χ0n) is 15.5. The Labute approximate surface area is 163 Å². The number of esters is 1. The predicted octanol–water partition coefficient (Wildman–Crippen LogP) is 1.85. The van der Waals surface area contributed by atoms with E-state index in [0.717, 1.165) is 11.3 Å². The van der Waals surface area contributed by atoms with Crippen LogP contribution in [0.5, 0.6) is 5.75 Å². The van der Waals surface area contributed by atoms with E-state index in [1.807, 2.05) is 12.1 Å². The molecule has 0 bridgehead atoms. The SMILES string of the molecule is COc1ccc(CCC(=O)O[C@H](C)C(=O)Nc2cccc(S(N)(=O)=O)c2)cc1. The highest BCUT2D eigenvalue weighted by molar-refractivity contribution is 7.89. The van der Waals surface area contributed by atoms with E-state index < -0.39 is 28.0 Å². The number of nitrogens with one attached hydrogen (secondary N) is 1. The fourth-order valence-electron chi connectivity index (χ4n) is 2.34. The van der Waals surface area contributed by atoms with E-state index in [-0.39, 0.29) is 17.0 Å². The van der Waals surface area contributed by atoms with Gasteiger partial charge < -0.3 is 14.8 Å². The van der Waals surface area contributed by atoms with Crippen LogP contribution in [-0.2, 0) is 30.8 Å². The van der Waals surface area contributed by atoms with Crippen LogP contribution in [0, 0.1) is 0 Å². The second-order valence-corrected chi connectivity index (χ2v) is 7.60. The van der Waals surface area contributed by atoms with Gasteiger partial charge in [0.25, 0.3) is 5.91 Å². The average molecular weight is 406 g/mol. The molecule has 2 rings (SSSR count). The molecule has 3 N–H and O–H groups in total. The first-order chi connectivity index (χ1) is 13.2. The number of hydrogen-bond donors (Lipinski definition) is 2. The summed E-state index contributed by atoms with van der Waals surface area (Å²) in [6.45, 7) is 1.43. The molecule has 28 heavy (non-hydrogen) atoms. The first-order valence-electron chi connectivity index (χ1n) is 8.45. The number of anilines is 1. The molecule has 0 fully saturated rings. The van der Waals surface area contributed by atoms with Crippen molar-refractivity contribution in [2.24, 2.45) is 5.14 Å². The van der Waals surface area contributed by atoms with Crippen molar-refractivity contribution in [1.82, 2.24) is 0 Å². The Morgan fingerprint density at radius 3 is 2.43 bits per heavy atom. The third-order valence-electron chi connectivity index (χ3n) is 3.88. The molecule has 0 unspecified atom stereocenters. The molecule has 1 amide bonds. The monoisotopic (exact) mass is 406 g/mol. The fourth-order valence-corrected chi connectivity index (χ4v) is 2.90. The van der Waals surface area contributed by atoms with Crippen LogP contribution in [0.15, 0.2) is 53.4 Å². The number of ether oxygens (including phenoxy) is 2. The third kappa shape index (κ3) is 6.36. The van der Waals surface area contributed by atoms with Crippen molar-refractivity contribution < 1.29 is 27.5 Å². The minimum Gasteiger partial charge on any atom is -0.497 e. The van der Waals surface area contributed by atoms with Gasteiger partial charge in [-0.1, -0.05) is 18.2 Å². The minimum atomic E-state index is -3.88. The molecule has 0 aliphatic carbocycles. The second kappa shape index (κ2) is 9.34. The number of rotatable bonds is 8. The third-order valence-corrected chi connectivity index (χ3v) is 4.80. The van der Waals surface area contributed by atoms with Gasteiger partial charge in [-0.25, -0.2) is 13.6 Å². The Morgan fingerprint density at radius 1 is 1.14 bits per heavy atom. The van der Waals surface area contributed by atoms with Gasteiger partial charge in [0.1, 0.15) is 5.75 Å². The highest BCUT2D eigenvalue weighted by atomic mass is 32.2. The lowest BCUT2D eigenvalue weighted by Crippen LogP contribution is -2.30. The molecule has 0 radical (unpaired) electrons. The van der Waals surface area contributed by atoms with E-state index in [0.29, 0.717) is 6.42 Å². The van der Waals surface area contributed by atoms with E-state index >= 15 is 0 Å². The first kappa shape index (κ1) is 21.4. The smallest absolute Gasteiger partial charge is 0.306 e. The van der Waals surface area contributed by atoms with Gasteiger partial charge in [0.2, 0.25) is 10.0 Å². The topological polar surface area (TPSA) is 125 Å². The molecule has 8 nitrogen and oxygen atoms in total. The molecule has 0 heterocycles. The van der Waals surface area contributed by atoms with Crippen LogP contribution in [0.3, 0.4) is 0 Å². The van der Waals surface area contributed by atoms with Crippen LogP contribution in [0.4, 0.5) is 5.69 Å². The zero-order valence-corrected chi connectivity index (χ0v) is 16.4. The second-order valence-electron chi connectivity index (χ2n) is 6.04. The van der Waals surface area contributed by atoms with Gasteiger partial charge in [-0.05, 0) is 49.2 Å². The van der Waals surface area contributed by atoms with Crippen molar-refractivity contribution in [3.05, 3.63) is 54.1 Å². The van der Waals surface area contributed by atoms with Crippen molar-refractivity contribution in [2.45, 2.75) is 30.8 Å². The Kier molecular flexibility index (Phi) is 7.13. The Morgan fingerprint density at radius 2 is 1.82 bits per heavy atom. The van der Waals surface area contributed by atoms with Crippen molar-refractivity contribution in [1.29, 1.82) is 0 Å². The lowest BCUT2D eigenvalue weighted by molar-refractivity contribution is -0.153. The average Bonchev–Trinajstić information content (AvgIpc) is 2.66. The van der Waals surface area contributed by atoms with Gasteiger partial charge in [0, 0.05) is 12.1 Å². The normalized spacial score (nSPS) is 12.1. The van der Waals surface area contributed by atoms with Gasteiger partial charge in [-0.15, -0.1) is 0 Å². The molecule has 2 aromatic rings. The van der Waals surface area contributed by atoms with Crippen LogP contribution in [-0.4, -0.2) is 33.5 Å². The first-order valence-corrected chi connectivity index (χ1v) is 10.00. The number of primary sulfonamides is 1. The summed E-state index contributed by atoms with van der Waals surface area (Å²) in [6, 6.07) is 12.8. The molecule has 0 aromatic heterocycles. The number of nitrogens with two attached hydrogens (primary N) is 1. The molecule has 150 valence electrons. The number of hydrogen-bond acceptors (Lipinski definition) is 6. The fraction of sp³-hybridized carbons (Fsp3) is 0.263. The molecule has 0 saturated carbocycles. The maximum atomic E-state index is 12.2. The summed E-state index contributed by atoms with van der Waals surface area (Å²) in [5, 5.41) is 7.56. The van der Waals surface area contributed by atoms with Gasteiger partial charge in [-0.3, -0.25) is 9.59 Å². The van der Waals surface area contributed by atoms with E-state index in [1.165, 1.54) is 31.2 Å². The highest BCUT2D eigenvalue weighted by Gasteiger charge is 2.18. The Hall–Kier alpha value is -2.91. The molecule has 0 aliphatic rings. The molecule has 9 heteroatoms. The number of carbonyl (C=O) groups excluding carboxylic acids is 2. The Bertz CT molecular complexity index is 941. The van der Waals surface area contributed by atoms with Crippen LogP contribution < -0.4 is 15.2 Å². The number of aryl methyl sites for hydroxylation is 1. The maximum Gasteiger partial charge on any atom is 0.306 e. The van der Waals surface area contributed by atoms with Crippen molar-refractivity contribution >= 4 is 27.6 Å². The van der Waals surface area contributed by atoms with E-state index in [9.17, 15) is 18.0 Å². The van der Waals surface area contributed by atoms with Crippen molar-refractivity contribution in [2.75, 3.05) is 12.4 Å². The summed E-state index contributed by atoms with van der Waals surface area (Å²) in [7, 11) is -2.31. The number of benzene rings is 2. The lowest BCUT2D eigenvalue weighted by atomic mass is 10.1. The van der Waals surface area contributed by atoms with Crippen LogP contribution in [0.1, 0.15) is 18.9 Å². The summed E-state index contributed by atoms with van der Waals surface area (Å²) in [5.74, 6) is -0.371. The van der Waals surface area contributed by atoms with Crippen molar-refractivity contribution in [3.8, 4) is 5.75 Å². The number of carbonyl (C=O) groups is 2. The molecule has 1 atom stereocenters. The summed E-state index contributed by atoms with van der Waals surface area (Å²) < 4.78 is 32.9. The van der Waals surface area contributed by atoms with E-state index in [1.54, 1.807) is 19.2 Å². The molecule has 0 aliphatic heterocycles. The summed E-state index contributed by atoms with van der Waals surface area (Å²) in [6.07, 6.45) is -0.459.